The third-order valence-corrected chi connectivity index (χ3v) is 17.3. The molecule has 2 aliphatic rings. The maximum atomic E-state index is 10.0. The van der Waals surface area contributed by atoms with E-state index in [1.165, 1.54) is 6.33 Å². The van der Waals surface area contributed by atoms with Crippen LogP contribution in [-0.2, 0) is 10.9 Å². The molecule has 4 rings (SSSR count). The quantitative estimate of drug-likeness (QED) is 0.442. The molecule has 0 saturated carbocycles. The summed E-state index contributed by atoms with van der Waals surface area (Å²) in [4.78, 5) is 8.43. The van der Waals surface area contributed by atoms with Crippen LogP contribution >= 0.6 is 15.9 Å². The van der Waals surface area contributed by atoms with Crippen molar-refractivity contribution < 1.29 is 16.0 Å². The summed E-state index contributed by atoms with van der Waals surface area (Å²) >= 11 is 0.209. The molecule has 2 fully saturated rings. The van der Waals surface area contributed by atoms with Gasteiger partial charge in [-0.25, -0.2) is 0 Å². The molecule has 3 N–H and O–H groups in total. The average molecular weight is 601 g/mol. The van der Waals surface area contributed by atoms with Gasteiger partial charge in [-0.3, -0.25) is 0 Å². The fraction of sp³-hybridized carbons (Fsp3) is 0.650. The number of hydrogen-bond acceptors (Lipinski definition) is 8. The van der Waals surface area contributed by atoms with Crippen LogP contribution in [0, 0.1) is 11.3 Å². The van der Waals surface area contributed by atoms with E-state index in [9.17, 15) is 10.4 Å². The van der Waals surface area contributed by atoms with Gasteiger partial charge < -0.3 is 0 Å². The Morgan fingerprint density at radius 3 is 2.52 bits per heavy atom. The molecule has 9 nitrogen and oxygen atoms in total. The zero-order valence-corrected chi connectivity index (χ0v) is 22.2. The van der Waals surface area contributed by atoms with E-state index in [0.29, 0.717) is 21.2 Å². The summed E-state index contributed by atoms with van der Waals surface area (Å²) in [5.74, 6) is 0.234. The van der Waals surface area contributed by atoms with E-state index in [1.54, 1.807) is 4.57 Å². The minimum absolute atomic E-state index is 0.163. The summed E-state index contributed by atoms with van der Waals surface area (Å²) < 4.78 is 24.0. The standard InChI is InChI=1S/C12H10BrN5O4.2C4H9.Sn/c13-9-4(1-14)6-10(15)16-3-17-11(6)18(9)12-8(21)7(20)5(2-19)22-12;2*1-3-4-2;/h3,5,7-8,12,19H,2H2,(H2,15,16,17);2*1,3-4H2,2H3;/q-2;;;+2/t5-,7+,8-,12-;;;/m0.../s1. The monoisotopic (exact) mass is 601 g/mol. The van der Waals surface area contributed by atoms with Gasteiger partial charge in [-0.1, -0.05) is 0 Å². The van der Waals surface area contributed by atoms with Gasteiger partial charge in [-0.05, 0) is 0 Å². The molecule has 2 aromatic heterocycles. The van der Waals surface area contributed by atoms with Crippen LogP contribution in [-0.4, -0.2) is 63.8 Å². The molecule has 4 heterocycles. The van der Waals surface area contributed by atoms with Gasteiger partial charge in [0.1, 0.15) is 0 Å². The van der Waals surface area contributed by atoms with E-state index in [1.807, 2.05) is 0 Å². The van der Waals surface area contributed by atoms with E-state index in [4.69, 9.17) is 16.6 Å². The van der Waals surface area contributed by atoms with Crippen molar-refractivity contribution in [3.05, 3.63) is 16.5 Å². The predicted molar refractivity (Wildman–Crippen MR) is 120 cm³/mol. The van der Waals surface area contributed by atoms with E-state index in [-0.39, 0.29) is 24.6 Å². The maximum absolute atomic E-state index is 10.0. The second-order valence-corrected chi connectivity index (χ2v) is 18.3. The van der Waals surface area contributed by atoms with Crippen LogP contribution in [0.4, 0.5) is 5.82 Å². The van der Waals surface area contributed by atoms with Crippen LogP contribution in [0.2, 0.25) is 8.87 Å². The predicted octanol–water partition coefficient (Wildman–Crippen LogP) is 3.36. The van der Waals surface area contributed by atoms with Gasteiger partial charge in [0, 0.05) is 0 Å². The van der Waals surface area contributed by atoms with Crippen LogP contribution in [0.15, 0.2) is 10.9 Å². The number of unbranched alkanes of at least 4 members (excludes halogenated alkanes) is 2. The fourth-order valence-corrected chi connectivity index (χ4v) is 16.9. The molecule has 0 unspecified atom stereocenters. The summed E-state index contributed by atoms with van der Waals surface area (Å²) in [5, 5.41) is 20.2. The topological polar surface area (TPSA) is 128 Å². The number of hydrogen-bond donors (Lipinski definition) is 2. The third kappa shape index (κ3) is 3.98. The van der Waals surface area contributed by atoms with E-state index in [2.05, 4.69) is 45.8 Å². The zero-order chi connectivity index (χ0) is 22.2. The second kappa shape index (κ2) is 9.49. The Bertz CT molecular complexity index is 988. The van der Waals surface area contributed by atoms with Crippen molar-refractivity contribution >= 4 is 52.0 Å². The van der Waals surface area contributed by atoms with Crippen molar-refractivity contribution in [1.82, 2.24) is 14.5 Å². The number of nitrogen functional groups attached to an aromatic ring is 1. The summed E-state index contributed by atoms with van der Waals surface area (Å²) in [7, 11) is 0. The van der Waals surface area contributed by atoms with Crippen molar-refractivity contribution in [2.45, 2.75) is 72.9 Å². The fourth-order valence-electron chi connectivity index (χ4n) is 4.57. The van der Waals surface area contributed by atoms with Gasteiger partial charge in [-0.15, -0.1) is 0 Å². The van der Waals surface area contributed by atoms with Crippen molar-refractivity contribution in [2.75, 3.05) is 12.3 Å². The normalized spacial score (nSPS) is 26.9. The molecule has 2 aromatic rings. The number of aliphatic hydroxyl groups is 1. The number of ether oxygens (including phenoxy) is 1. The van der Waals surface area contributed by atoms with Gasteiger partial charge in [0.25, 0.3) is 0 Å². The zero-order valence-electron chi connectivity index (χ0n) is 17.8. The first-order chi connectivity index (χ1) is 15.0. The summed E-state index contributed by atoms with van der Waals surface area (Å²) in [6.07, 6.45) is 3.93. The molecule has 31 heavy (non-hydrogen) atoms. The number of anilines is 1. The van der Waals surface area contributed by atoms with E-state index >= 15 is 0 Å². The molecule has 0 spiro atoms. The summed E-state index contributed by atoms with van der Waals surface area (Å²) in [5.41, 5.74) is 6.91. The Morgan fingerprint density at radius 2 is 1.90 bits per heavy atom. The van der Waals surface area contributed by atoms with Crippen LogP contribution in [0.25, 0.3) is 11.0 Å². The Morgan fingerprint density at radius 1 is 1.23 bits per heavy atom. The number of aliphatic hydroxyl groups excluding tert-OH is 1. The number of nitriles is 1. The van der Waals surface area contributed by atoms with Gasteiger partial charge in [0.2, 0.25) is 0 Å². The Hall–Kier alpha value is -0.971. The van der Waals surface area contributed by atoms with Crippen LogP contribution in [0.5, 0.6) is 0 Å². The first-order valence-corrected chi connectivity index (χ1v) is 18.0. The third-order valence-electron chi connectivity index (χ3n) is 6.11. The molecule has 4 atom stereocenters. The molecule has 0 aliphatic carbocycles. The number of fused-ring (bicyclic) bond motifs is 2. The van der Waals surface area contributed by atoms with E-state index in [0.717, 1.165) is 34.6 Å². The molecule has 0 bridgehead atoms. The Labute approximate surface area is 195 Å². The second-order valence-electron chi connectivity index (χ2n) is 8.14. The molecule has 0 amide bonds. The molecular weight excluding hydrogens is 573 g/mol. The first kappa shape index (κ1) is 23.2. The Balaban J connectivity index is 1.77. The minimum atomic E-state index is -3.34. The van der Waals surface area contributed by atoms with Crippen molar-refractivity contribution in [3.63, 3.8) is 0 Å². The molecule has 2 aliphatic heterocycles. The SMILES string of the molecule is CCC[CH2][Sn]1([CH2]CCC)[O][C@H]2[C@H]([O]1)[C@@H](n1c(Br)c(C#N)c3c(N)ncnc31)O[C@H]2CO. The Kier molecular flexibility index (Phi) is 7.10. The number of nitrogens with two attached hydrogens (primary N) is 1. The summed E-state index contributed by atoms with van der Waals surface area (Å²) in [6.45, 7) is 4.19. The van der Waals surface area contributed by atoms with Gasteiger partial charge in [0.15, 0.2) is 0 Å². The molecule has 168 valence electrons. The molecule has 2 saturated heterocycles. The van der Waals surface area contributed by atoms with Crippen molar-refractivity contribution in [3.8, 4) is 6.07 Å². The van der Waals surface area contributed by atoms with Gasteiger partial charge in [-0.2, -0.15) is 0 Å². The molecule has 0 radical (unpaired) electrons. The van der Waals surface area contributed by atoms with Crippen molar-refractivity contribution in [2.24, 2.45) is 0 Å². The van der Waals surface area contributed by atoms with Crippen LogP contribution in [0.1, 0.15) is 51.3 Å². The number of nitrogens with zero attached hydrogens (tertiary/aromatic N) is 4. The van der Waals surface area contributed by atoms with Gasteiger partial charge in [0.05, 0.1) is 0 Å². The molecule has 0 aromatic carbocycles. The number of rotatable bonds is 8. The molecule has 11 heteroatoms. The number of halogens is 1. The van der Waals surface area contributed by atoms with Crippen molar-refractivity contribution in [1.29, 1.82) is 5.26 Å². The molecular formula is C20H28BrN5O4Sn. The first-order valence-electron chi connectivity index (χ1n) is 10.8. The number of aromatic nitrogens is 3. The van der Waals surface area contributed by atoms with Gasteiger partial charge >= 0.3 is 196 Å². The summed E-state index contributed by atoms with van der Waals surface area (Å²) in [6, 6.07) is 2.19. The van der Waals surface area contributed by atoms with E-state index < -0.39 is 31.5 Å². The van der Waals surface area contributed by atoms with Crippen LogP contribution in [0.3, 0.4) is 0 Å². The average Bonchev–Trinajstić information content (AvgIpc) is 3.39. The van der Waals surface area contributed by atoms with Crippen LogP contribution < -0.4 is 5.73 Å².